The van der Waals surface area contributed by atoms with E-state index in [1.165, 1.54) is 0 Å². The molecule has 29 heavy (non-hydrogen) atoms. The Morgan fingerprint density at radius 3 is 2.76 bits per heavy atom. The molecule has 0 spiro atoms. The molecule has 1 aliphatic rings. The number of carbonyl (C=O) groups is 1. The van der Waals surface area contributed by atoms with Gasteiger partial charge in [0.25, 0.3) is 0 Å². The van der Waals surface area contributed by atoms with Gasteiger partial charge in [0.1, 0.15) is 0 Å². The maximum atomic E-state index is 12.8. The highest BCUT2D eigenvalue weighted by molar-refractivity contribution is 5.85. The second kappa shape index (κ2) is 10.8. The Kier molecular flexibility index (Phi) is 8.50. The fourth-order valence-electron chi connectivity index (χ4n) is 3.21. The van der Waals surface area contributed by atoms with Crippen LogP contribution in [-0.4, -0.2) is 50.5 Å². The Labute approximate surface area is 180 Å². The predicted molar refractivity (Wildman–Crippen MR) is 112 cm³/mol. The minimum Gasteiger partial charge on any atom is -0.339 e. The van der Waals surface area contributed by atoms with Gasteiger partial charge in [-0.3, -0.25) is 14.8 Å². The molecular weight excluding hydrogens is 415 g/mol. The molecule has 0 aromatic carbocycles. The van der Waals surface area contributed by atoms with Crippen molar-refractivity contribution >= 4 is 30.7 Å². The highest BCUT2D eigenvalue weighted by Gasteiger charge is 2.28. The quantitative estimate of drug-likeness (QED) is 0.655. The van der Waals surface area contributed by atoms with Gasteiger partial charge < -0.3 is 14.7 Å². The van der Waals surface area contributed by atoms with Crippen LogP contribution in [0.25, 0.3) is 11.4 Å². The van der Waals surface area contributed by atoms with Crippen LogP contribution >= 0.6 is 24.8 Å². The fourth-order valence-corrected chi connectivity index (χ4v) is 3.21. The lowest BCUT2D eigenvalue weighted by Crippen LogP contribution is -2.48. The summed E-state index contributed by atoms with van der Waals surface area (Å²) >= 11 is 0. The van der Waals surface area contributed by atoms with Crippen LogP contribution < -0.4 is 5.32 Å². The largest absolute Gasteiger partial charge is 0.339 e. The Morgan fingerprint density at radius 2 is 2.00 bits per heavy atom. The van der Waals surface area contributed by atoms with Crippen LogP contribution in [0.4, 0.5) is 0 Å². The first-order valence-corrected chi connectivity index (χ1v) is 8.94. The zero-order valence-electron chi connectivity index (χ0n) is 15.6. The molecule has 1 unspecified atom stereocenters. The van der Waals surface area contributed by atoms with Crippen molar-refractivity contribution < 1.29 is 9.32 Å². The maximum Gasteiger partial charge on any atom is 0.227 e. The Hall–Kier alpha value is -2.55. The summed E-state index contributed by atoms with van der Waals surface area (Å²) < 4.78 is 5.29. The molecule has 0 aliphatic carbocycles. The number of halogens is 2. The van der Waals surface area contributed by atoms with E-state index in [9.17, 15) is 4.79 Å². The van der Waals surface area contributed by atoms with Gasteiger partial charge in [0.15, 0.2) is 0 Å². The van der Waals surface area contributed by atoms with Crippen molar-refractivity contribution in [3.63, 3.8) is 0 Å². The topological polar surface area (TPSA) is 97.0 Å². The van der Waals surface area contributed by atoms with Crippen molar-refractivity contribution in [2.45, 2.75) is 18.9 Å². The molecule has 3 aromatic rings. The standard InChI is InChI=1S/C19H20N6O2.2ClH/c26-18(25-11-10-22-13-16(25)15-2-1-7-21-12-15)4-3-17-23-19(24-27-17)14-5-8-20-9-6-14;;/h1-2,5-9,12,16,22H,3-4,10-11,13H2;2*1H. The highest BCUT2D eigenvalue weighted by Crippen LogP contribution is 2.23. The Balaban J connectivity index is 0.00000150. The SMILES string of the molecule is Cl.Cl.O=C(CCc1nc(-c2ccncc2)no1)N1CCNCC1c1cccnc1. The smallest absolute Gasteiger partial charge is 0.227 e. The van der Waals surface area contributed by atoms with Gasteiger partial charge in [0.2, 0.25) is 17.6 Å². The predicted octanol–water partition coefficient (Wildman–Crippen LogP) is 2.48. The zero-order chi connectivity index (χ0) is 18.5. The van der Waals surface area contributed by atoms with E-state index in [4.69, 9.17) is 4.52 Å². The Bertz CT molecular complexity index is 894. The summed E-state index contributed by atoms with van der Waals surface area (Å²) in [4.78, 5) is 27.2. The van der Waals surface area contributed by atoms with E-state index in [1.54, 1.807) is 18.6 Å². The number of hydrogen-bond acceptors (Lipinski definition) is 7. The van der Waals surface area contributed by atoms with Crippen LogP contribution in [-0.2, 0) is 11.2 Å². The Morgan fingerprint density at radius 1 is 1.17 bits per heavy atom. The van der Waals surface area contributed by atoms with Crippen LogP contribution in [0.1, 0.15) is 23.9 Å². The number of aryl methyl sites for hydroxylation is 1. The molecule has 3 aromatic heterocycles. The summed E-state index contributed by atoms with van der Waals surface area (Å²) in [5, 5.41) is 7.33. The normalized spacial score (nSPS) is 15.9. The van der Waals surface area contributed by atoms with Gasteiger partial charge in [0.05, 0.1) is 6.04 Å². The molecule has 8 nitrogen and oxygen atoms in total. The van der Waals surface area contributed by atoms with Crippen LogP contribution in [0.3, 0.4) is 0 Å². The van der Waals surface area contributed by atoms with Crippen molar-refractivity contribution in [2.24, 2.45) is 0 Å². The summed E-state index contributed by atoms with van der Waals surface area (Å²) in [5.74, 6) is 1.05. The monoisotopic (exact) mass is 436 g/mol. The van der Waals surface area contributed by atoms with E-state index in [-0.39, 0.29) is 36.8 Å². The number of hydrogen-bond donors (Lipinski definition) is 1. The number of nitrogens with zero attached hydrogens (tertiary/aromatic N) is 5. The van der Waals surface area contributed by atoms with Crippen LogP contribution in [0.15, 0.2) is 53.6 Å². The van der Waals surface area contributed by atoms with E-state index in [0.717, 1.165) is 24.2 Å². The minimum atomic E-state index is -0.00462. The third kappa shape index (κ3) is 5.50. The van der Waals surface area contributed by atoms with Gasteiger partial charge in [-0.05, 0) is 23.8 Å². The van der Waals surface area contributed by atoms with Gasteiger partial charge in [0, 0.05) is 62.8 Å². The van der Waals surface area contributed by atoms with Crippen molar-refractivity contribution in [3.05, 3.63) is 60.5 Å². The average molecular weight is 437 g/mol. The van der Waals surface area contributed by atoms with Crippen LogP contribution in [0.2, 0.25) is 0 Å². The molecule has 0 radical (unpaired) electrons. The molecule has 0 saturated carbocycles. The lowest BCUT2D eigenvalue weighted by molar-refractivity contribution is -0.134. The van der Waals surface area contributed by atoms with Gasteiger partial charge in [-0.1, -0.05) is 11.2 Å². The van der Waals surface area contributed by atoms with E-state index >= 15 is 0 Å². The number of rotatable bonds is 5. The van der Waals surface area contributed by atoms with E-state index in [2.05, 4.69) is 25.4 Å². The average Bonchev–Trinajstić information content (AvgIpc) is 3.22. The summed E-state index contributed by atoms with van der Waals surface area (Å²) in [6.45, 7) is 2.18. The number of piperazine rings is 1. The third-order valence-corrected chi connectivity index (χ3v) is 4.59. The molecule has 1 atom stereocenters. The highest BCUT2D eigenvalue weighted by atomic mass is 35.5. The second-order valence-corrected chi connectivity index (χ2v) is 6.34. The maximum absolute atomic E-state index is 12.8. The molecule has 1 fully saturated rings. The first kappa shape index (κ1) is 22.7. The molecule has 1 N–H and O–H groups in total. The van der Waals surface area contributed by atoms with E-state index in [1.807, 2.05) is 35.4 Å². The number of aromatic nitrogens is 4. The first-order valence-electron chi connectivity index (χ1n) is 8.94. The number of amides is 1. The summed E-state index contributed by atoms with van der Waals surface area (Å²) in [6.07, 6.45) is 7.66. The van der Waals surface area contributed by atoms with Crippen molar-refractivity contribution in [2.75, 3.05) is 19.6 Å². The molecule has 4 rings (SSSR count). The number of carbonyl (C=O) groups excluding carboxylic acids is 1. The lowest BCUT2D eigenvalue weighted by atomic mass is 10.0. The van der Waals surface area contributed by atoms with E-state index < -0.39 is 0 Å². The van der Waals surface area contributed by atoms with Crippen molar-refractivity contribution in [3.8, 4) is 11.4 Å². The third-order valence-electron chi connectivity index (χ3n) is 4.59. The molecule has 0 bridgehead atoms. The number of pyridine rings is 2. The van der Waals surface area contributed by atoms with Gasteiger partial charge in [-0.25, -0.2) is 0 Å². The van der Waals surface area contributed by atoms with E-state index in [0.29, 0.717) is 31.1 Å². The molecule has 4 heterocycles. The second-order valence-electron chi connectivity index (χ2n) is 6.34. The zero-order valence-corrected chi connectivity index (χ0v) is 17.2. The summed E-state index contributed by atoms with van der Waals surface area (Å²) in [5.41, 5.74) is 1.88. The van der Waals surface area contributed by atoms with Crippen molar-refractivity contribution in [1.29, 1.82) is 0 Å². The van der Waals surface area contributed by atoms with Crippen LogP contribution in [0, 0.1) is 0 Å². The molecule has 10 heteroatoms. The molecule has 154 valence electrons. The minimum absolute atomic E-state index is 0. The molecular formula is C19H22Cl2N6O2. The van der Waals surface area contributed by atoms with Gasteiger partial charge in [-0.15, -0.1) is 24.8 Å². The van der Waals surface area contributed by atoms with Crippen LogP contribution in [0.5, 0.6) is 0 Å². The summed E-state index contributed by atoms with van der Waals surface area (Å²) in [6, 6.07) is 7.53. The first-order chi connectivity index (χ1) is 13.3. The van der Waals surface area contributed by atoms with Gasteiger partial charge >= 0.3 is 0 Å². The fraction of sp³-hybridized carbons (Fsp3) is 0.316. The number of nitrogens with one attached hydrogen (secondary N) is 1. The van der Waals surface area contributed by atoms with Crippen molar-refractivity contribution in [1.82, 2.24) is 30.3 Å². The molecule has 1 aliphatic heterocycles. The lowest BCUT2D eigenvalue weighted by Gasteiger charge is -2.36. The van der Waals surface area contributed by atoms with Gasteiger partial charge in [-0.2, -0.15) is 4.98 Å². The molecule has 1 saturated heterocycles. The summed E-state index contributed by atoms with van der Waals surface area (Å²) in [7, 11) is 0. The molecule has 1 amide bonds.